The molecular formula is C59H42N2. The SMILES string of the molecule is c1ccc(N(c2ccc(-c3ccc(N(c4ccccc4)c4cccc5ccccc45)cc3)cc2)c2ccc3c(c2)C(c2ccccc2)(c2ccccc2)c2ccccc2-3)cc1. The second-order valence-electron chi connectivity index (χ2n) is 15.7. The van der Waals surface area contributed by atoms with Crippen molar-refractivity contribution in [2.75, 3.05) is 9.80 Å². The van der Waals surface area contributed by atoms with Crippen LogP contribution in [0.1, 0.15) is 22.3 Å². The van der Waals surface area contributed by atoms with Crippen molar-refractivity contribution in [1.82, 2.24) is 0 Å². The minimum atomic E-state index is -0.480. The number of nitrogens with zero attached hydrogens (tertiary/aromatic N) is 2. The topological polar surface area (TPSA) is 6.48 Å². The Morgan fingerprint density at radius 1 is 0.279 bits per heavy atom. The van der Waals surface area contributed by atoms with Gasteiger partial charge in [0.25, 0.3) is 0 Å². The van der Waals surface area contributed by atoms with Gasteiger partial charge in [-0.25, -0.2) is 0 Å². The Hall–Kier alpha value is -7.94. The molecule has 61 heavy (non-hydrogen) atoms. The number of anilines is 6. The molecule has 0 radical (unpaired) electrons. The van der Waals surface area contributed by atoms with E-state index in [2.05, 4.69) is 265 Å². The molecule has 0 N–H and O–H groups in total. The van der Waals surface area contributed by atoms with Gasteiger partial charge in [-0.05, 0) is 117 Å². The Labute approximate surface area is 357 Å². The quantitative estimate of drug-likeness (QED) is 0.144. The zero-order valence-electron chi connectivity index (χ0n) is 33.6. The van der Waals surface area contributed by atoms with Crippen LogP contribution >= 0.6 is 0 Å². The van der Waals surface area contributed by atoms with Gasteiger partial charge in [0.1, 0.15) is 0 Å². The molecule has 1 aliphatic rings. The van der Waals surface area contributed by atoms with Crippen LogP contribution in [-0.2, 0) is 5.41 Å². The van der Waals surface area contributed by atoms with Crippen LogP contribution in [0.15, 0.2) is 255 Å². The maximum atomic E-state index is 2.43. The van der Waals surface area contributed by atoms with Gasteiger partial charge in [0.05, 0.1) is 11.1 Å². The minimum absolute atomic E-state index is 0.480. The fourth-order valence-electron chi connectivity index (χ4n) is 9.61. The highest BCUT2D eigenvalue weighted by atomic mass is 15.1. The first kappa shape index (κ1) is 36.2. The van der Waals surface area contributed by atoms with Gasteiger partial charge in [0.2, 0.25) is 0 Å². The number of rotatable bonds is 9. The molecule has 0 atom stereocenters. The second kappa shape index (κ2) is 15.3. The van der Waals surface area contributed by atoms with E-state index < -0.39 is 5.41 Å². The zero-order valence-corrected chi connectivity index (χ0v) is 33.6. The van der Waals surface area contributed by atoms with E-state index in [0.717, 1.165) is 39.7 Å². The van der Waals surface area contributed by atoms with Crippen molar-refractivity contribution in [3.63, 3.8) is 0 Å². The first-order valence-corrected chi connectivity index (χ1v) is 21.0. The summed E-state index contributed by atoms with van der Waals surface area (Å²) in [6.07, 6.45) is 0. The van der Waals surface area contributed by atoms with Gasteiger partial charge in [0.15, 0.2) is 0 Å². The number of hydrogen-bond acceptors (Lipinski definition) is 2. The lowest BCUT2D eigenvalue weighted by atomic mass is 9.67. The van der Waals surface area contributed by atoms with Gasteiger partial charge in [-0.3, -0.25) is 0 Å². The molecule has 0 saturated heterocycles. The van der Waals surface area contributed by atoms with Gasteiger partial charge >= 0.3 is 0 Å². The summed E-state index contributed by atoms with van der Waals surface area (Å²) in [6, 6.07) is 92.5. The standard InChI is InChI=1S/C59H42N2/c1-5-20-46(21-6-1)59(47-22-7-2-8-23-47)56-30-16-15-29-54(56)55-41-40-52(42-57(55)59)60(48-24-9-3-10-25-48)50-36-32-43(33-37-50)44-34-38-51(39-35-44)61(49-26-11-4-12-27-49)58-31-17-19-45-18-13-14-28-53(45)58/h1-42H. The zero-order chi connectivity index (χ0) is 40.6. The molecule has 0 aliphatic heterocycles. The third-order valence-corrected chi connectivity index (χ3v) is 12.3. The van der Waals surface area contributed by atoms with Crippen LogP contribution in [0.3, 0.4) is 0 Å². The second-order valence-corrected chi connectivity index (χ2v) is 15.7. The number of para-hydroxylation sites is 2. The van der Waals surface area contributed by atoms with Gasteiger partial charge < -0.3 is 9.80 Å². The molecule has 0 saturated carbocycles. The summed E-state index contributed by atoms with van der Waals surface area (Å²) in [5.41, 5.74) is 16.2. The molecule has 2 heteroatoms. The molecule has 1 aliphatic carbocycles. The number of benzene rings is 10. The molecule has 0 heterocycles. The minimum Gasteiger partial charge on any atom is -0.310 e. The maximum Gasteiger partial charge on any atom is 0.0714 e. The van der Waals surface area contributed by atoms with E-state index in [4.69, 9.17) is 0 Å². The predicted octanol–water partition coefficient (Wildman–Crippen LogP) is 15.8. The van der Waals surface area contributed by atoms with Gasteiger partial charge in [0, 0.05) is 33.8 Å². The third-order valence-electron chi connectivity index (χ3n) is 12.3. The number of hydrogen-bond donors (Lipinski definition) is 0. The van der Waals surface area contributed by atoms with Gasteiger partial charge in [-0.15, -0.1) is 0 Å². The van der Waals surface area contributed by atoms with E-state index in [0.29, 0.717) is 0 Å². The van der Waals surface area contributed by atoms with Crippen molar-refractivity contribution in [2.24, 2.45) is 0 Å². The molecule has 288 valence electrons. The lowest BCUT2D eigenvalue weighted by Crippen LogP contribution is -2.28. The highest BCUT2D eigenvalue weighted by molar-refractivity contribution is 5.99. The molecule has 10 aromatic rings. The van der Waals surface area contributed by atoms with Crippen LogP contribution in [0.5, 0.6) is 0 Å². The van der Waals surface area contributed by atoms with Crippen LogP contribution in [0.25, 0.3) is 33.0 Å². The van der Waals surface area contributed by atoms with Gasteiger partial charge in [-0.2, -0.15) is 0 Å². The van der Waals surface area contributed by atoms with Crippen LogP contribution in [0.4, 0.5) is 34.1 Å². The predicted molar refractivity (Wildman–Crippen MR) is 256 cm³/mol. The third kappa shape index (κ3) is 6.20. The van der Waals surface area contributed by atoms with Gasteiger partial charge in [-0.1, -0.05) is 188 Å². The monoisotopic (exact) mass is 778 g/mol. The molecule has 0 aromatic heterocycles. The van der Waals surface area contributed by atoms with Crippen molar-refractivity contribution in [3.8, 4) is 22.3 Å². The molecule has 0 amide bonds. The van der Waals surface area contributed by atoms with Crippen LogP contribution in [0.2, 0.25) is 0 Å². The fourth-order valence-corrected chi connectivity index (χ4v) is 9.61. The Kier molecular flexibility index (Phi) is 9.09. The van der Waals surface area contributed by atoms with E-state index >= 15 is 0 Å². The molecule has 0 unspecified atom stereocenters. The normalized spacial score (nSPS) is 12.4. The Balaban J connectivity index is 0.993. The highest BCUT2D eigenvalue weighted by Crippen LogP contribution is 2.57. The Bertz CT molecular complexity index is 3060. The summed E-state index contributed by atoms with van der Waals surface area (Å²) in [6.45, 7) is 0. The van der Waals surface area contributed by atoms with Crippen LogP contribution < -0.4 is 9.80 Å². The summed E-state index contributed by atoms with van der Waals surface area (Å²) < 4.78 is 0. The lowest BCUT2D eigenvalue weighted by Gasteiger charge is -2.35. The molecule has 2 nitrogen and oxygen atoms in total. The van der Waals surface area contributed by atoms with Crippen LogP contribution in [0, 0.1) is 0 Å². The van der Waals surface area contributed by atoms with E-state index in [1.165, 1.54) is 49.7 Å². The van der Waals surface area contributed by atoms with E-state index in [9.17, 15) is 0 Å². The average Bonchev–Trinajstić information content (AvgIpc) is 3.64. The molecule has 0 spiro atoms. The van der Waals surface area contributed by atoms with E-state index in [-0.39, 0.29) is 0 Å². The first-order chi connectivity index (χ1) is 30.3. The molecule has 11 rings (SSSR count). The van der Waals surface area contributed by atoms with Crippen molar-refractivity contribution in [3.05, 3.63) is 277 Å². The summed E-state index contributed by atoms with van der Waals surface area (Å²) in [5, 5.41) is 2.44. The molecular weight excluding hydrogens is 737 g/mol. The molecule has 0 fully saturated rings. The molecule has 0 bridgehead atoms. The average molecular weight is 779 g/mol. The number of fused-ring (bicyclic) bond motifs is 4. The Morgan fingerprint density at radius 2 is 0.721 bits per heavy atom. The Morgan fingerprint density at radius 3 is 1.34 bits per heavy atom. The largest absolute Gasteiger partial charge is 0.310 e. The van der Waals surface area contributed by atoms with Crippen LogP contribution in [-0.4, -0.2) is 0 Å². The summed E-state index contributed by atoms with van der Waals surface area (Å²) in [7, 11) is 0. The van der Waals surface area contributed by atoms with Crippen molar-refractivity contribution in [2.45, 2.75) is 5.41 Å². The molecule has 10 aromatic carbocycles. The summed E-state index contributed by atoms with van der Waals surface area (Å²) >= 11 is 0. The van der Waals surface area contributed by atoms with E-state index in [1.807, 2.05) is 0 Å². The first-order valence-electron chi connectivity index (χ1n) is 21.0. The maximum absolute atomic E-state index is 2.43. The van der Waals surface area contributed by atoms with Crippen molar-refractivity contribution >= 4 is 44.9 Å². The van der Waals surface area contributed by atoms with Crippen molar-refractivity contribution < 1.29 is 0 Å². The van der Waals surface area contributed by atoms with E-state index in [1.54, 1.807) is 0 Å². The summed E-state index contributed by atoms with van der Waals surface area (Å²) in [5.74, 6) is 0. The lowest BCUT2D eigenvalue weighted by molar-refractivity contribution is 0.768. The fraction of sp³-hybridized carbons (Fsp3) is 0.0169. The summed E-state index contributed by atoms with van der Waals surface area (Å²) in [4.78, 5) is 4.74. The van der Waals surface area contributed by atoms with Crippen molar-refractivity contribution in [1.29, 1.82) is 0 Å². The highest BCUT2D eigenvalue weighted by Gasteiger charge is 2.46. The smallest absolute Gasteiger partial charge is 0.0714 e.